The van der Waals surface area contributed by atoms with Crippen molar-refractivity contribution in [1.29, 1.82) is 0 Å². The Labute approximate surface area is 167 Å². The average Bonchev–Trinajstić information content (AvgIpc) is 3.02. The molecule has 2 N–H and O–H groups in total. The van der Waals surface area contributed by atoms with E-state index in [1.807, 2.05) is 18.3 Å². The number of hydrogen-bond acceptors (Lipinski definition) is 5. The van der Waals surface area contributed by atoms with Crippen molar-refractivity contribution in [2.24, 2.45) is 0 Å². The molecule has 0 amide bonds. The number of nitrogens with one attached hydrogen (secondary N) is 1. The van der Waals surface area contributed by atoms with Crippen molar-refractivity contribution in [2.45, 2.75) is 51.3 Å². The SMILES string of the molecule is OC(COc1cccc(CN2CCc3[nH]ncc3C2)c1)CN1CCCCCC1. The number of rotatable bonds is 7. The third-order valence-electron chi connectivity index (χ3n) is 5.79. The lowest BCUT2D eigenvalue weighted by Crippen LogP contribution is -2.36. The molecule has 1 unspecified atom stereocenters. The molecule has 6 nitrogen and oxygen atoms in total. The average molecular weight is 385 g/mol. The number of aromatic nitrogens is 2. The van der Waals surface area contributed by atoms with Crippen LogP contribution in [0, 0.1) is 0 Å². The summed E-state index contributed by atoms with van der Waals surface area (Å²) in [4.78, 5) is 4.81. The fourth-order valence-electron chi connectivity index (χ4n) is 4.27. The molecule has 1 aromatic carbocycles. The van der Waals surface area contributed by atoms with Crippen molar-refractivity contribution in [3.05, 3.63) is 47.3 Å². The highest BCUT2D eigenvalue weighted by atomic mass is 16.5. The highest BCUT2D eigenvalue weighted by Crippen LogP contribution is 2.20. The molecule has 152 valence electrons. The van der Waals surface area contributed by atoms with Gasteiger partial charge in [0.25, 0.3) is 0 Å². The zero-order valence-corrected chi connectivity index (χ0v) is 16.6. The zero-order chi connectivity index (χ0) is 19.2. The second kappa shape index (κ2) is 9.54. The monoisotopic (exact) mass is 384 g/mol. The molecule has 1 saturated heterocycles. The van der Waals surface area contributed by atoms with Gasteiger partial charge in [0.2, 0.25) is 0 Å². The summed E-state index contributed by atoms with van der Waals surface area (Å²) in [5, 5.41) is 17.6. The number of fused-ring (bicyclic) bond motifs is 1. The zero-order valence-electron chi connectivity index (χ0n) is 16.6. The van der Waals surface area contributed by atoms with Crippen LogP contribution in [0.1, 0.15) is 42.5 Å². The van der Waals surface area contributed by atoms with E-state index >= 15 is 0 Å². The summed E-state index contributed by atoms with van der Waals surface area (Å²) in [6.07, 6.45) is 7.63. The molecule has 6 heteroatoms. The first-order chi connectivity index (χ1) is 13.8. The lowest BCUT2D eigenvalue weighted by molar-refractivity contribution is 0.0693. The molecule has 0 saturated carbocycles. The van der Waals surface area contributed by atoms with Crippen LogP contribution in [0.3, 0.4) is 0 Å². The molecule has 1 fully saturated rings. The maximum atomic E-state index is 10.4. The van der Waals surface area contributed by atoms with E-state index < -0.39 is 6.10 Å². The van der Waals surface area contributed by atoms with Crippen LogP contribution in [-0.2, 0) is 19.5 Å². The summed E-state index contributed by atoms with van der Waals surface area (Å²) in [6, 6.07) is 8.26. The molecule has 2 aromatic rings. The van der Waals surface area contributed by atoms with Crippen LogP contribution in [0.15, 0.2) is 30.5 Å². The van der Waals surface area contributed by atoms with Gasteiger partial charge in [-0.15, -0.1) is 0 Å². The second-order valence-electron chi connectivity index (χ2n) is 8.16. The smallest absolute Gasteiger partial charge is 0.119 e. The van der Waals surface area contributed by atoms with Crippen LogP contribution in [0.25, 0.3) is 0 Å². The molecule has 2 aliphatic rings. The number of hydrogen-bond donors (Lipinski definition) is 2. The fraction of sp³-hybridized carbons (Fsp3) is 0.591. The lowest BCUT2D eigenvalue weighted by Gasteiger charge is -2.26. The van der Waals surface area contributed by atoms with Crippen molar-refractivity contribution in [3.8, 4) is 5.75 Å². The van der Waals surface area contributed by atoms with E-state index in [1.54, 1.807) is 0 Å². The minimum Gasteiger partial charge on any atom is -0.491 e. The second-order valence-corrected chi connectivity index (χ2v) is 8.16. The summed E-state index contributed by atoms with van der Waals surface area (Å²) < 4.78 is 5.90. The Balaban J connectivity index is 1.25. The topological polar surface area (TPSA) is 64.6 Å². The van der Waals surface area contributed by atoms with Crippen molar-refractivity contribution in [2.75, 3.05) is 32.8 Å². The standard InChI is InChI=1S/C22H32N4O2/c27-20(16-25-9-3-1-2-4-10-25)17-28-21-7-5-6-18(12-21)14-26-11-8-22-19(15-26)13-23-24-22/h5-7,12-13,20,27H,1-4,8-11,14-17H2,(H,23,24). The third kappa shape index (κ3) is 5.34. The molecule has 1 aromatic heterocycles. The van der Waals surface area contributed by atoms with Gasteiger partial charge in [-0.3, -0.25) is 10.00 Å². The summed E-state index contributed by atoms with van der Waals surface area (Å²) in [6.45, 7) is 6.13. The highest BCUT2D eigenvalue weighted by Gasteiger charge is 2.18. The van der Waals surface area contributed by atoms with Gasteiger partial charge in [0.15, 0.2) is 0 Å². The largest absolute Gasteiger partial charge is 0.491 e. The number of aliphatic hydroxyl groups is 1. The lowest BCUT2D eigenvalue weighted by atomic mass is 10.1. The maximum Gasteiger partial charge on any atom is 0.119 e. The summed E-state index contributed by atoms with van der Waals surface area (Å²) in [5.74, 6) is 0.841. The van der Waals surface area contributed by atoms with Crippen LogP contribution in [0.2, 0.25) is 0 Å². The number of benzene rings is 1. The first-order valence-corrected chi connectivity index (χ1v) is 10.6. The van der Waals surface area contributed by atoms with Gasteiger partial charge < -0.3 is 14.7 Å². The van der Waals surface area contributed by atoms with E-state index in [2.05, 4.69) is 32.1 Å². The molecule has 0 radical (unpaired) electrons. The highest BCUT2D eigenvalue weighted by molar-refractivity contribution is 5.29. The Bertz CT molecular complexity index is 740. The Morgan fingerprint density at radius 3 is 2.82 bits per heavy atom. The van der Waals surface area contributed by atoms with Gasteiger partial charge in [-0.2, -0.15) is 5.10 Å². The molecule has 0 spiro atoms. The van der Waals surface area contributed by atoms with Crippen LogP contribution in [0.5, 0.6) is 5.75 Å². The minimum atomic E-state index is -0.441. The minimum absolute atomic E-state index is 0.349. The molecular weight excluding hydrogens is 352 g/mol. The number of nitrogens with zero attached hydrogens (tertiary/aromatic N) is 3. The maximum absolute atomic E-state index is 10.4. The predicted octanol–water partition coefficient (Wildman–Crippen LogP) is 2.58. The molecule has 1 atom stereocenters. The van der Waals surface area contributed by atoms with Crippen molar-refractivity contribution < 1.29 is 9.84 Å². The van der Waals surface area contributed by atoms with Crippen molar-refractivity contribution in [1.82, 2.24) is 20.0 Å². The van der Waals surface area contributed by atoms with Gasteiger partial charge in [-0.25, -0.2) is 0 Å². The summed E-state index contributed by atoms with van der Waals surface area (Å²) >= 11 is 0. The van der Waals surface area contributed by atoms with Crippen molar-refractivity contribution >= 4 is 0 Å². The van der Waals surface area contributed by atoms with Gasteiger partial charge in [0.1, 0.15) is 18.5 Å². The van der Waals surface area contributed by atoms with E-state index in [4.69, 9.17) is 4.74 Å². The Kier molecular flexibility index (Phi) is 6.62. The van der Waals surface area contributed by atoms with E-state index in [0.717, 1.165) is 44.9 Å². The fourth-order valence-corrected chi connectivity index (χ4v) is 4.27. The Morgan fingerprint density at radius 1 is 1.11 bits per heavy atom. The number of ether oxygens (including phenoxy) is 1. The van der Waals surface area contributed by atoms with Crippen LogP contribution in [-0.4, -0.2) is 64.0 Å². The number of H-pyrrole nitrogens is 1. The van der Waals surface area contributed by atoms with E-state index in [9.17, 15) is 5.11 Å². The predicted molar refractivity (Wildman–Crippen MR) is 109 cm³/mol. The molecule has 2 aliphatic heterocycles. The Morgan fingerprint density at radius 2 is 1.96 bits per heavy atom. The number of β-amino-alcohol motifs (C(OH)–C–C–N with tert-alkyl or cyclic N) is 1. The molecule has 0 bridgehead atoms. The summed E-state index contributed by atoms with van der Waals surface area (Å²) in [7, 11) is 0. The number of aliphatic hydroxyl groups excluding tert-OH is 1. The van der Waals surface area contributed by atoms with E-state index in [0.29, 0.717) is 13.2 Å². The first kappa shape index (κ1) is 19.4. The summed E-state index contributed by atoms with van der Waals surface area (Å²) in [5.41, 5.74) is 3.81. The molecular formula is C22H32N4O2. The van der Waals surface area contributed by atoms with Gasteiger partial charge in [-0.05, 0) is 43.6 Å². The first-order valence-electron chi connectivity index (χ1n) is 10.6. The molecule has 28 heavy (non-hydrogen) atoms. The van der Waals surface area contributed by atoms with Gasteiger partial charge in [0, 0.05) is 43.9 Å². The van der Waals surface area contributed by atoms with Crippen molar-refractivity contribution in [3.63, 3.8) is 0 Å². The normalized spacial score (nSPS) is 19.8. The Hall–Kier alpha value is -1.89. The molecule has 4 rings (SSSR count). The van der Waals surface area contributed by atoms with Gasteiger partial charge in [-0.1, -0.05) is 25.0 Å². The van der Waals surface area contributed by atoms with Crippen LogP contribution < -0.4 is 4.74 Å². The van der Waals surface area contributed by atoms with E-state index in [-0.39, 0.29) is 0 Å². The number of likely N-dealkylation sites (tertiary alicyclic amines) is 1. The van der Waals surface area contributed by atoms with Crippen LogP contribution >= 0.6 is 0 Å². The third-order valence-corrected chi connectivity index (χ3v) is 5.79. The molecule has 3 heterocycles. The molecule has 0 aliphatic carbocycles. The van der Waals surface area contributed by atoms with E-state index in [1.165, 1.54) is 42.5 Å². The van der Waals surface area contributed by atoms with Gasteiger partial charge >= 0.3 is 0 Å². The van der Waals surface area contributed by atoms with Gasteiger partial charge in [0.05, 0.1) is 6.20 Å². The quantitative estimate of drug-likeness (QED) is 0.768. The number of aromatic amines is 1. The van der Waals surface area contributed by atoms with Crippen LogP contribution in [0.4, 0.5) is 0 Å².